The number of benzene rings is 1. The maximum atomic E-state index is 12.2. The van der Waals surface area contributed by atoms with Gasteiger partial charge in [0.05, 0.1) is 12.0 Å². The van der Waals surface area contributed by atoms with Gasteiger partial charge in [0.2, 0.25) is 0 Å². The fraction of sp³-hybridized carbons (Fsp3) is 0.0833. The van der Waals surface area contributed by atoms with E-state index in [1.165, 1.54) is 24.5 Å². The molecular weight excluding hydrogens is 286 g/mol. The van der Waals surface area contributed by atoms with Crippen LogP contribution in [0.25, 0.3) is 16.2 Å². The average Bonchev–Trinajstić information content (AvgIpc) is 2.75. The smallest absolute Gasteiger partial charge is 0.355 e. The molecule has 0 bridgehead atoms. The maximum Gasteiger partial charge on any atom is 0.355 e. The van der Waals surface area contributed by atoms with Crippen LogP contribution in [0.3, 0.4) is 0 Å². The Bertz CT molecular complexity index is 817. The van der Waals surface area contributed by atoms with Crippen LogP contribution in [0.1, 0.15) is 4.88 Å². The Hall–Kier alpha value is -1.86. The summed E-state index contributed by atoms with van der Waals surface area (Å²) in [5, 5.41) is 0.662. The number of nitrogens with one attached hydrogen (secondary N) is 1. The topological polar surface area (TPSA) is 72.5 Å². The second-order valence-corrected chi connectivity index (χ2v) is 6.65. The standard InChI is InChI=1S/C12H9NO4S2/c1-17-12(14)8-6-10-11(19(15,16)13-8)7-4-2-3-5-9(7)18-10/h2-6,13H,1H3. The third kappa shape index (κ3) is 1.82. The minimum atomic E-state index is -3.74. The van der Waals surface area contributed by atoms with Crippen LogP contribution in [0.4, 0.5) is 0 Å². The highest BCUT2D eigenvalue weighted by Crippen LogP contribution is 2.38. The van der Waals surface area contributed by atoms with E-state index in [0.717, 1.165) is 4.70 Å². The molecule has 1 aliphatic rings. The predicted octanol–water partition coefficient (Wildman–Crippen LogP) is 1.71. The van der Waals surface area contributed by atoms with E-state index < -0.39 is 16.0 Å². The van der Waals surface area contributed by atoms with Crippen LogP contribution >= 0.6 is 11.3 Å². The number of esters is 1. The van der Waals surface area contributed by atoms with Gasteiger partial charge in [0.15, 0.2) is 0 Å². The van der Waals surface area contributed by atoms with E-state index >= 15 is 0 Å². The molecular formula is C12H9NO4S2. The minimum absolute atomic E-state index is 0.0680. The molecule has 7 heteroatoms. The molecule has 0 saturated heterocycles. The van der Waals surface area contributed by atoms with Gasteiger partial charge in [-0.1, -0.05) is 18.2 Å². The van der Waals surface area contributed by atoms with Crippen LogP contribution in [0, 0.1) is 0 Å². The zero-order valence-corrected chi connectivity index (χ0v) is 11.5. The third-order valence-electron chi connectivity index (χ3n) is 2.77. The van der Waals surface area contributed by atoms with Gasteiger partial charge in [-0.25, -0.2) is 13.2 Å². The fourth-order valence-electron chi connectivity index (χ4n) is 1.98. The first-order valence-corrected chi connectivity index (χ1v) is 7.67. The molecule has 2 aromatic rings. The quantitative estimate of drug-likeness (QED) is 0.813. The summed E-state index contributed by atoms with van der Waals surface area (Å²) >= 11 is 1.33. The van der Waals surface area contributed by atoms with E-state index in [-0.39, 0.29) is 10.6 Å². The molecule has 2 heterocycles. The van der Waals surface area contributed by atoms with Crippen molar-refractivity contribution in [3.8, 4) is 0 Å². The molecule has 1 aromatic heterocycles. The Morgan fingerprint density at radius 2 is 2.05 bits per heavy atom. The first kappa shape index (κ1) is 12.2. The van der Waals surface area contributed by atoms with E-state index in [0.29, 0.717) is 10.3 Å². The number of methoxy groups -OCH3 is 1. The van der Waals surface area contributed by atoms with Crippen LogP contribution in [0.5, 0.6) is 0 Å². The highest BCUT2D eigenvalue weighted by molar-refractivity contribution is 7.90. The highest BCUT2D eigenvalue weighted by atomic mass is 32.2. The van der Waals surface area contributed by atoms with Crippen molar-refractivity contribution >= 4 is 43.5 Å². The molecule has 0 radical (unpaired) electrons. The van der Waals surface area contributed by atoms with E-state index in [9.17, 15) is 13.2 Å². The molecule has 0 saturated carbocycles. The van der Waals surface area contributed by atoms with Gasteiger partial charge >= 0.3 is 5.97 Å². The van der Waals surface area contributed by atoms with Gasteiger partial charge in [-0.05, 0) is 12.1 Å². The molecule has 0 spiro atoms. The zero-order valence-electron chi connectivity index (χ0n) is 9.84. The number of carbonyl (C=O) groups excluding carboxylic acids is 1. The molecule has 1 aliphatic heterocycles. The van der Waals surface area contributed by atoms with Gasteiger partial charge < -0.3 is 4.74 Å². The van der Waals surface area contributed by atoms with Gasteiger partial charge in [-0.15, -0.1) is 11.3 Å². The Labute approximate surface area is 113 Å². The second kappa shape index (κ2) is 4.07. The van der Waals surface area contributed by atoms with Crippen molar-refractivity contribution < 1.29 is 17.9 Å². The van der Waals surface area contributed by atoms with Crippen molar-refractivity contribution in [2.75, 3.05) is 7.11 Å². The summed E-state index contributed by atoms with van der Waals surface area (Å²) in [6.07, 6.45) is 1.51. The van der Waals surface area contributed by atoms with Gasteiger partial charge in [-0.2, -0.15) is 0 Å². The molecule has 0 atom stereocenters. The summed E-state index contributed by atoms with van der Waals surface area (Å²) in [4.78, 5) is 12.2. The minimum Gasteiger partial charge on any atom is -0.464 e. The Morgan fingerprint density at radius 1 is 1.32 bits per heavy atom. The molecule has 5 nitrogen and oxygen atoms in total. The summed E-state index contributed by atoms with van der Waals surface area (Å²) < 4.78 is 32.1. The maximum absolute atomic E-state index is 12.2. The fourth-order valence-corrected chi connectivity index (χ4v) is 4.87. The van der Waals surface area contributed by atoms with Gasteiger partial charge in [0, 0.05) is 10.1 Å². The average molecular weight is 295 g/mol. The summed E-state index contributed by atoms with van der Waals surface area (Å²) in [5.74, 6) is -0.702. The highest BCUT2D eigenvalue weighted by Gasteiger charge is 2.31. The molecule has 1 aromatic carbocycles. The van der Waals surface area contributed by atoms with Gasteiger partial charge in [0.1, 0.15) is 10.6 Å². The first-order valence-electron chi connectivity index (χ1n) is 5.37. The number of sulfonamides is 1. The normalized spacial score (nSPS) is 16.4. The number of rotatable bonds is 1. The molecule has 19 heavy (non-hydrogen) atoms. The number of ether oxygens (including phenoxy) is 1. The second-order valence-electron chi connectivity index (χ2n) is 3.95. The van der Waals surface area contributed by atoms with Crippen molar-refractivity contribution in [3.05, 3.63) is 34.8 Å². The van der Waals surface area contributed by atoms with Crippen molar-refractivity contribution in [3.63, 3.8) is 0 Å². The van der Waals surface area contributed by atoms with E-state index in [1.807, 2.05) is 12.1 Å². The molecule has 0 unspecified atom stereocenters. The van der Waals surface area contributed by atoms with Gasteiger partial charge in [-0.3, -0.25) is 4.72 Å². The van der Waals surface area contributed by atoms with E-state index in [2.05, 4.69) is 9.46 Å². The van der Waals surface area contributed by atoms with E-state index in [4.69, 9.17) is 0 Å². The van der Waals surface area contributed by atoms with Crippen LogP contribution in [-0.4, -0.2) is 21.5 Å². The van der Waals surface area contributed by atoms with Crippen molar-refractivity contribution in [1.82, 2.24) is 4.72 Å². The molecule has 0 aliphatic carbocycles. The molecule has 98 valence electrons. The van der Waals surface area contributed by atoms with Crippen molar-refractivity contribution in [1.29, 1.82) is 0 Å². The zero-order chi connectivity index (χ0) is 13.6. The molecule has 0 fully saturated rings. The Kier molecular flexibility index (Phi) is 2.61. The molecule has 0 amide bonds. The lowest BCUT2D eigenvalue weighted by Gasteiger charge is -2.14. The van der Waals surface area contributed by atoms with Crippen LogP contribution in [0.2, 0.25) is 0 Å². The third-order valence-corrected chi connectivity index (χ3v) is 5.48. The van der Waals surface area contributed by atoms with Crippen LogP contribution in [-0.2, 0) is 19.6 Å². The van der Waals surface area contributed by atoms with Crippen LogP contribution < -0.4 is 4.72 Å². The van der Waals surface area contributed by atoms with Gasteiger partial charge in [0.25, 0.3) is 10.0 Å². The summed E-state index contributed by atoms with van der Waals surface area (Å²) in [6.45, 7) is 0. The van der Waals surface area contributed by atoms with E-state index in [1.54, 1.807) is 12.1 Å². The summed E-state index contributed by atoms with van der Waals surface area (Å²) in [7, 11) is -2.53. The lowest BCUT2D eigenvalue weighted by molar-refractivity contribution is -0.136. The lowest BCUT2D eigenvalue weighted by atomic mass is 10.2. The molecule has 1 N–H and O–H groups in total. The monoisotopic (exact) mass is 295 g/mol. The number of thiophene rings is 1. The predicted molar refractivity (Wildman–Crippen MR) is 72.1 cm³/mol. The molecule has 3 rings (SSSR count). The largest absolute Gasteiger partial charge is 0.464 e. The van der Waals surface area contributed by atoms with Crippen molar-refractivity contribution in [2.45, 2.75) is 4.90 Å². The SMILES string of the molecule is COC(=O)C1=Cc2sc3ccccc3c2S(=O)(=O)N1. The van der Waals surface area contributed by atoms with Crippen molar-refractivity contribution in [2.24, 2.45) is 0 Å². The Balaban J connectivity index is 2.33. The number of hydrogen-bond acceptors (Lipinski definition) is 5. The Morgan fingerprint density at radius 3 is 2.79 bits per heavy atom. The number of carbonyl (C=O) groups is 1. The number of hydrogen-bond donors (Lipinski definition) is 1. The first-order chi connectivity index (χ1) is 9.03. The summed E-state index contributed by atoms with van der Waals surface area (Å²) in [5.41, 5.74) is -0.0680. The lowest BCUT2D eigenvalue weighted by Crippen LogP contribution is -2.30. The van der Waals surface area contributed by atoms with Crippen LogP contribution in [0.15, 0.2) is 34.9 Å². The summed E-state index contributed by atoms with van der Waals surface area (Å²) in [6, 6.07) is 7.22. The number of fused-ring (bicyclic) bond motifs is 3.